The average molecular weight is 645 g/mol. The van der Waals surface area contributed by atoms with Crippen molar-refractivity contribution in [3.63, 3.8) is 0 Å². The van der Waals surface area contributed by atoms with E-state index in [-0.39, 0.29) is 38.2 Å². The normalized spacial score (nSPS) is 14.7. The number of primary amides is 1. The molecule has 13 nitrogen and oxygen atoms in total. The third kappa shape index (κ3) is 12.1. The summed E-state index contributed by atoms with van der Waals surface area (Å²) in [6, 6.07) is 14.3. The molecule has 0 bridgehead atoms. The van der Waals surface area contributed by atoms with Gasteiger partial charge in [0.1, 0.15) is 19.9 Å². The predicted molar refractivity (Wildman–Crippen MR) is 190 cm³/mol. The first-order valence-corrected chi connectivity index (χ1v) is 15.2. The third-order valence-corrected chi connectivity index (χ3v) is 7.69. The molecule has 0 aromatic heterocycles. The summed E-state index contributed by atoms with van der Waals surface area (Å²) >= 11 is 0. The first-order valence-electron chi connectivity index (χ1n) is 15.2. The molecule has 0 saturated heterocycles. The quantitative estimate of drug-likeness (QED) is 0.0330. The predicted octanol–water partition coefficient (Wildman–Crippen LogP) is -3.46. The number of carbonyl (C=O) groups is 4. The summed E-state index contributed by atoms with van der Waals surface area (Å²) in [7, 11) is 30.3. The van der Waals surface area contributed by atoms with Crippen molar-refractivity contribution in [3.05, 3.63) is 71.8 Å². The fourth-order valence-corrected chi connectivity index (χ4v) is 4.66. The van der Waals surface area contributed by atoms with E-state index in [0.717, 1.165) is 5.56 Å². The zero-order valence-electron chi connectivity index (χ0n) is 26.8. The summed E-state index contributed by atoms with van der Waals surface area (Å²) in [5.74, 6) is -3.63. The minimum absolute atomic E-state index is 0.0631. The summed E-state index contributed by atoms with van der Waals surface area (Å²) < 4.78 is 0. The smallest absolute Gasteiger partial charge is 0.243 e. The Balaban J connectivity index is 2.36. The van der Waals surface area contributed by atoms with Crippen molar-refractivity contribution in [2.45, 2.75) is 66.1 Å². The van der Waals surface area contributed by atoms with Crippen LogP contribution >= 0.6 is 0 Å². The van der Waals surface area contributed by atoms with E-state index in [1.54, 1.807) is 30.3 Å². The van der Waals surface area contributed by atoms with Crippen LogP contribution in [0.25, 0.3) is 0 Å². The standard InChI is InChI=1S/C30H40B5N9O4/c31-28(26(38)48,16-29(32,33)30(34,35)17-36)44-25(47)22(15-19-10-5-2-6-11-19)43-24(46)21(12-7-13-41-27(39)40)42-23(45)20(37)14-18-8-3-1-4-9-18/h1-6,8-11,20-22H,7,12-17,36-37H2,(H2,38,48)(H,42,45)(H,43,46)(H,44,47)(H4,39,40,41)/t20-,21+,22-,28-/m0/s1. The van der Waals surface area contributed by atoms with E-state index in [4.69, 9.17) is 67.9 Å². The van der Waals surface area contributed by atoms with E-state index in [2.05, 4.69) is 20.9 Å². The highest BCUT2D eigenvalue weighted by atomic mass is 16.2. The van der Waals surface area contributed by atoms with Gasteiger partial charge >= 0.3 is 0 Å². The van der Waals surface area contributed by atoms with Gasteiger partial charge in [0.25, 0.3) is 0 Å². The molecule has 244 valence electrons. The summed E-state index contributed by atoms with van der Waals surface area (Å²) in [4.78, 5) is 57.1. The molecule has 18 heteroatoms. The van der Waals surface area contributed by atoms with E-state index in [1.165, 1.54) is 0 Å². The number of aliphatic imine (C=N–C) groups is 1. The van der Waals surface area contributed by atoms with Crippen LogP contribution in [-0.2, 0) is 32.0 Å². The number of benzene rings is 2. The van der Waals surface area contributed by atoms with Crippen molar-refractivity contribution in [1.29, 1.82) is 0 Å². The summed E-state index contributed by atoms with van der Waals surface area (Å²) in [5, 5.41) is 3.65. The lowest BCUT2D eigenvalue weighted by atomic mass is 9.27. The number of nitrogens with two attached hydrogens (primary N) is 5. The second-order valence-electron chi connectivity index (χ2n) is 11.8. The van der Waals surface area contributed by atoms with E-state index >= 15 is 0 Å². The van der Waals surface area contributed by atoms with Crippen LogP contribution in [0.3, 0.4) is 0 Å². The van der Waals surface area contributed by atoms with Gasteiger partial charge in [-0.3, -0.25) is 24.2 Å². The molecule has 0 heterocycles. The lowest BCUT2D eigenvalue weighted by Gasteiger charge is -2.48. The highest BCUT2D eigenvalue weighted by molar-refractivity contribution is 6.54. The van der Waals surface area contributed by atoms with Gasteiger partial charge in [-0.05, 0) is 43.4 Å². The molecular formula is C30H40B5N9O4. The first kappa shape index (κ1) is 40.0. The molecule has 13 N–H and O–H groups in total. The van der Waals surface area contributed by atoms with E-state index in [9.17, 15) is 19.2 Å². The van der Waals surface area contributed by atoms with Crippen LogP contribution in [0, 0.1) is 0 Å². The van der Waals surface area contributed by atoms with Crippen molar-refractivity contribution in [2.24, 2.45) is 33.7 Å². The Kier molecular flexibility index (Phi) is 14.9. The van der Waals surface area contributed by atoms with Gasteiger partial charge in [0, 0.05) is 13.0 Å². The molecule has 4 atom stereocenters. The fraction of sp³-hybridized carbons (Fsp3) is 0.433. The molecule has 4 amide bonds. The Hall–Kier alpha value is -4.17. The fourth-order valence-electron chi connectivity index (χ4n) is 4.66. The lowest BCUT2D eigenvalue weighted by Crippen LogP contribution is -2.65. The van der Waals surface area contributed by atoms with E-state index in [1.807, 2.05) is 30.3 Å². The van der Waals surface area contributed by atoms with Crippen LogP contribution in [0.15, 0.2) is 65.7 Å². The van der Waals surface area contributed by atoms with Crippen molar-refractivity contribution in [1.82, 2.24) is 16.0 Å². The van der Waals surface area contributed by atoms with Crippen molar-refractivity contribution in [3.8, 4) is 0 Å². The maximum atomic E-state index is 13.8. The van der Waals surface area contributed by atoms with Gasteiger partial charge in [-0.1, -0.05) is 65.9 Å². The number of hydrogen-bond donors (Lipinski definition) is 8. The van der Waals surface area contributed by atoms with Gasteiger partial charge in [-0.2, -0.15) is 0 Å². The Labute approximate surface area is 288 Å². The number of amides is 4. The minimum Gasteiger partial charge on any atom is -0.370 e. The molecular weight excluding hydrogens is 604 g/mol. The maximum absolute atomic E-state index is 13.8. The van der Waals surface area contributed by atoms with Crippen LogP contribution in [0.5, 0.6) is 0 Å². The lowest BCUT2D eigenvalue weighted by molar-refractivity contribution is -0.134. The van der Waals surface area contributed by atoms with Gasteiger partial charge in [0.15, 0.2) is 5.96 Å². The molecule has 0 aliphatic heterocycles. The zero-order chi connectivity index (χ0) is 36.1. The topological polar surface area (TPSA) is 247 Å². The largest absolute Gasteiger partial charge is 0.370 e. The third-order valence-electron chi connectivity index (χ3n) is 7.69. The van der Waals surface area contributed by atoms with Crippen LogP contribution in [0.2, 0.25) is 10.4 Å². The van der Waals surface area contributed by atoms with Crippen molar-refractivity contribution < 1.29 is 19.2 Å². The highest BCUT2D eigenvalue weighted by Gasteiger charge is 2.44. The molecule has 2 aromatic rings. The molecule has 2 rings (SSSR count). The molecule has 10 radical (unpaired) electrons. The number of carbonyl (C=O) groups excluding carboxylic acids is 4. The van der Waals surface area contributed by atoms with Gasteiger partial charge in [-0.15, -0.1) is 5.21 Å². The molecule has 0 spiro atoms. The number of rotatable bonds is 19. The summed E-state index contributed by atoms with van der Waals surface area (Å²) in [6.45, 7) is -0.242. The molecule has 0 saturated carbocycles. The Bertz CT molecular complexity index is 1420. The molecule has 0 unspecified atom stereocenters. The van der Waals surface area contributed by atoms with Crippen LogP contribution in [-0.4, -0.2) is 105 Å². The van der Waals surface area contributed by atoms with Crippen LogP contribution < -0.4 is 44.6 Å². The Morgan fingerprint density at radius 2 is 1.25 bits per heavy atom. The second-order valence-corrected chi connectivity index (χ2v) is 11.8. The first-order chi connectivity index (χ1) is 22.4. The van der Waals surface area contributed by atoms with Crippen molar-refractivity contribution >= 4 is 68.8 Å². The van der Waals surface area contributed by atoms with Gasteiger partial charge in [0.2, 0.25) is 23.6 Å². The van der Waals surface area contributed by atoms with E-state index in [0.29, 0.717) is 5.56 Å². The summed E-state index contributed by atoms with van der Waals surface area (Å²) in [5.41, 5.74) is 27.2. The Morgan fingerprint density at radius 3 is 1.75 bits per heavy atom. The SMILES string of the molecule is [B]C([B])(CN)C([B])([B])C[C@]([B])(NC(=O)[C@H](Cc1ccccc1)NC(=O)[C@@H](CCCN=C(N)N)NC(=O)[C@@H](N)Cc1ccccc1)C(N)=O. The van der Waals surface area contributed by atoms with E-state index < -0.39 is 70.6 Å². The monoisotopic (exact) mass is 645 g/mol. The van der Waals surface area contributed by atoms with Crippen molar-refractivity contribution in [2.75, 3.05) is 13.1 Å². The molecule has 48 heavy (non-hydrogen) atoms. The van der Waals surface area contributed by atoms with Gasteiger partial charge in [0.05, 0.1) is 42.9 Å². The number of guanidine groups is 1. The maximum Gasteiger partial charge on any atom is 0.243 e. The van der Waals surface area contributed by atoms with Crippen LogP contribution in [0.1, 0.15) is 30.4 Å². The van der Waals surface area contributed by atoms with Crippen LogP contribution in [0.4, 0.5) is 0 Å². The molecule has 2 aromatic carbocycles. The minimum atomic E-state index is -2.38. The molecule has 0 aliphatic carbocycles. The Morgan fingerprint density at radius 1 is 0.729 bits per heavy atom. The number of nitrogens with one attached hydrogen (secondary N) is 3. The number of hydrogen-bond acceptors (Lipinski definition) is 7. The second kappa shape index (κ2) is 17.8. The zero-order valence-corrected chi connectivity index (χ0v) is 26.8. The average Bonchev–Trinajstić information content (AvgIpc) is 3.02. The number of nitrogens with zero attached hydrogens (tertiary/aromatic N) is 1. The van der Waals surface area contributed by atoms with Gasteiger partial charge in [-0.25, -0.2) is 0 Å². The van der Waals surface area contributed by atoms with Gasteiger partial charge < -0.3 is 44.6 Å². The summed E-state index contributed by atoms with van der Waals surface area (Å²) in [6.07, 6.45) is -0.221. The molecule has 0 fully saturated rings. The molecule has 0 aliphatic rings. The highest BCUT2D eigenvalue weighted by Crippen LogP contribution is 2.45.